The highest BCUT2D eigenvalue weighted by atomic mass is 33.1. The summed E-state index contributed by atoms with van der Waals surface area (Å²) >= 11 is 8.69. The summed E-state index contributed by atoms with van der Waals surface area (Å²) in [6.07, 6.45) is -13.1. The number of ether oxygens (including phenoxy) is 8. The lowest BCUT2D eigenvalue weighted by atomic mass is 9.97. The van der Waals surface area contributed by atoms with Crippen molar-refractivity contribution < 1.29 is 73.3 Å². The molecule has 0 saturated carbocycles. The normalized spacial score (nSPS) is 30.6. The van der Waals surface area contributed by atoms with Crippen LogP contribution >= 0.6 is 57.3 Å². The van der Waals surface area contributed by atoms with E-state index in [2.05, 4.69) is 4.98 Å². The standard InChI is InChI=1S/C38H53NO15S5/c1-3-56-38(55)58-26(18-21(2)34(46)49-15-14-47-12-13-48-16-17-57-59-27-6-4-5-11-39-27)22-7-9-23(10-8-22)35-50-20-25-33(53-35)30(43)32(45)37(52-25)54-36-31(44)29(42)28(41)24(19-40)51-36/h4-11,21,24-26,28-33,35-37,40-45H,3,12-20H2,1-2H3/t21?,24-,25-,26?,28-,29+,30-,31-,32-,33-,35?,36-,37-/m1/s1. The number of aliphatic hydroxyl groups excluding tert-OH is 6. The minimum Gasteiger partial charge on any atom is -0.463 e. The first-order valence-corrected chi connectivity index (χ1v) is 23.8. The van der Waals surface area contributed by atoms with Crippen LogP contribution in [0.25, 0.3) is 0 Å². The molecule has 1 aromatic carbocycles. The molecule has 59 heavy (non-hydrogen) atoms. The van der Waals surface area contributed by atoms with E-state index in [0.717, 1.165) is 25.6 Å². The van der Waals surface area contributed by atoms with Gasteiger partial charge in [0, 0.05) is 22.8 Å². The molecule has 1 aromatic heterocycles. The summed E-state index contributed by atoms with van der Waals surface area (Å²) in [6, 6.07) is 13.3. The van der Waals surface area contributed by atoms with Crippen LogP contribution in [-0.2, 0) is 42.7 Å². The van der Waals surface area contributed by atoms with Gasteiger partial charge in [0.15, 0.2) is 18.9 Å². The quantitative estimate of drug-likeness (QED) is 0.0458. The van der Waals surface area contributed by atoms with Crippen LogP contribution in [0.1, 0.15) is 42.9 Å². The van der Waals surface area contributed by atoms with Crippen molar-refractivity contribution in [1.29, 1.82) is 0 Å². The third-order valence-electron chi connectivity index (χ3n) is 9.44. The summed E-state index contributed by atoms with van der Waals surface area (Å²) in [5.41, 5.74) is 1.56. The Morgan fingerprint density at radius 1 is 0.898 bits per heavy atom. The van der Waals surface area contributed by atoms with Crippen LogP contribution in [0.15, 0.2) is 53.7 Å². The molecule has 2 aromatic rings. The predicted molar refractivity (Wildman–Crippen MR) is 226 cm³/mol. The molecule has 0 bridgehead atoms. The molecule has 3 fully saturated rings. The van der Waals surface area contributed by atoms with Gasteiger partial charge in [0.05, 0.1) is 45.6 Å². The number of thioether (sulfide) groups is 2. The molecule has 4 heterocycles. The number of fused-ring (bicyclic) bond motifs is 1. The number of aromatic nitrogens is 1. The molecular weight excluding hydrogens is 871 g/mol. The number of thiocarbonyl (C=S) groups is 1. The summed E-state index contributed by atoms with van der Waals surface area (Å²) < 4.78 is 46.2. The molecule has 21 heteroatoms. The zero-order valence-electron chi connectivity index (χ0n) is 32.5. The van der Waals surface area contributed by atoms with Gasteiger partial charge in [-0.15, -0.1) is 11.8 Å². The second-order valence-corrected chi connectivity index (χ2v) is 19.8. The van der Waals surface area contributed by atoms with Gasteiger partial charge < -0.3 is 68.5 Å². The molecule has 330 valence electrons. The molecule has 0 aliphatic carbocycles. The van der Waals surface area contributed by atoms with Crippen molar-refractivity contribution in [3.05, 3.63) is 59.8 Å². The summed E-state index contributed by atoms with van der Waals surface area (Å²) in [6.45, 7) is 4.94. The number of pyridine rings is 1. The first-order chi connectivity index (χ1) is 28.5. The van der Waals surface area contributed by atoms with Gasteiger partial charge in [-0.1, -0.05) is 79.0 Å². The van der Waals surface area contributed by atoms with Crippen LogP contribution in [0, 0.1) is 5.92 Å². The monoisotopic (exact) mass is 923 g/mol. The van der Waals surface area contributed by atoms with E-state index < -0.39 is 80.2 Å². The molecule has 3 unspecified atom stereocenters. The Morgan fingerprint density at radius 3 is 2.32 bits per heavy atom. The molecule has 13 atom stereocenters. The number of hydrogen-bond donors (Lipinski definition) is 6. The smallest absolute Gasteiger partial charge is 0.308 e. The van der Waals surface area contributed by atoms with Gasteiger partial charge in [0.1, 0.15) is 64.0 Å². The van der Waals surface area contributed by atoms with E-state index in [0.29, 0.717) is 31.8 Å². The Morgan fingerprint density at radius 2 is 1.61 bits per heavy atom. The molecule has 3 aliphatic rings. The van der Waals surface area contributed by atoms with Crippen LogP contribution in [0.5, 0.6) is 0 Å². The van der Waals surface area contributed by atoms with Crippen molar-refractivity contribution in [3.63, 3.8) is 0 Å². The molecule has 3 saturated heterocycles. The fraction of sp³-hybridized carbons (Fsp3) is 0.658. The largest absolute Gasteiger partial charge is 0.463 e. The molecule has 3 aliphatic heterocycles. The Bertz CT molecular complexity index is 1550. The molecule has 0 spiro atoms. The zero-order chi connectivity index (χ0) is 42.3. The number of carbonyl (C=O) groups is 1. The van der Waals surface area contributed by atoms with Crippen LogP contribution in [-0.4, -0.2) is 164 Å². The molecule has 16 nitrogen and oxygen atoms in total. The molecule has 5 rings (SSSR count). The van der Waals surface area contributed by atoms with Gasteiger partial charge in [-0.2, -0.15) is 0 Å². The van der Waals surface area contributed by atoms with E-state index in [1.165, 1.54) is 11.8 Å². The van der Waals surface area contributed by atoms with Crippen LogP contribution in [0.3, 0.4) is 0 Å². The molecule has 0 radical (unpaired) electrons. The maximum Gasteiger partial charge on any atom is 0.308 e. The van der Waals surface area contributed by atoms with Crippen LogP contribution in [0.4, 0.5) is 0 Å². The average molecular weight is 924 g/mol. The molecule has 6 N–H and O–H groups in total. The van der Waals surface area contributed by atoms with Gasteiger partial charge in [0.25, 0.3) is 0 Å². The third kappa shape index (κ3) is 14.4. The van der Waals surface area contributed by atoms with Crippen molar-refractivity contribution in [2.45, 2.75) is 98.2 Å². The lowest BCUT2D eigenvalue weighted by molar-refractivity contribution is -0.399. The first-order valence-electron chi connectivity index (χ1n) is 19.2. The number of aliphatic hydroxyl groups is 6. The summed E-state index contributed by atoms with van der Waals surface area (Å²) in [4.78, 5) is 17.2. The zero-order valence-corrected chi connectivity index (χ0v) is 36.6. The highest BCUT2D eigenvalue weighted by Crippen LogP contribution is 2.41. The number of esters is 1. The molecular formula is C38H53NO15S5. The maximum absolute atomic E-state index is 13.0. The third-order valence-corrected chi connectivity index (χ3v) is 14.4. The van der Waals surface area contributed by atoms with Crippen LogP contribution < -0.4 is 0 Å². The second kappa shape index (κ2) is 25.2. The van der Waals surface area contributed by atoms with E-state index in [1.807, 2.05) is 56.3 Å². The SMILES string of the molecule is CCSC(=S)SC(CC(C)C(=O)OCCOCCOCCSSc1ccccn1)c1ccc(C2OC[C@H]3O[C@H](O[C@H]4O[C@H](CO)[C@@H](O)[C@H](O)[C@H]4O)[C@H](O)[C@@H](O)[C@@H]3O2)cc1. The van der Waals surface area contributed by atoms with E-state index in [4.69, 9.17) is 50.1 Å². The van der Waals surface area contributed by atoms with Crippen molar-refractivity contribution in [2.24, 2.45) is 5.92 Å². The Kier molecular flexibility index (Phi) is 20.9. The number of hydrogen-bond acceptors (Lipinski definition) is 21. The number of benzene rings is 1. The average Bonchev–Trinajstić information content (AvgIpc) is 3.24. The van der Waals surface area contributed by atoms with Crippen molar-refractivity contribution >= 4 is 66.8 Å². The first kappa shape index (κ1) is 48.8. The van der Waals surface area contributed by atoms with Gasteiger partial charge in [-0.05, 0) is 40.7 Å². The minimum atomic E-state index is -1.73. The number of rotatable bonds is 21. The lowest BCUT2D eigenvalue weighted by Gasteiger charge is -2.48. The van der Waals surface area contributed by atoms with Crippen molar-refractivity contribution in [1.82, 2.24) is 4.98 Å². The number of nitrogens with zero attached hydrogens (tertiary/aromatic N) is 1. The van der Waals surface area contributed by atoms with E-state index in [9.17, 15) is 35.4 Å². The van der Waals surface area contributed by atoms with E-state index >= 15 is 0 Å². The Hall–Kier alpha value is -1.19. The summed E-state index contributed by atoms with van der Waals surface area (Å²) in [5, 5.41) is 62.7. The predicted octanol–water partition coefficient (Wildman–Crippen LogP) is 2.61. The van der Waals surface area contributed by atoms with Gasteiger partial charge in [-0.25, -0.2) is 4.98 Å². The lowest BCUT2D eigenvalue weighted by Crippen LogP contribution is -2.65. The second-order valence-electron chi connectivity index (χ2n) is 13.7. The topological polar surface area (TPSA) is 225 Å². The van der Waals surface area contributed by atoms with E-state index in [1.54, 1.807) is 39.5 Å². The van der Waals surface area contributed by atoms with E-state index in [-0.39, 0.29) is 31.0 Å². The maximum atomic E-state index is 13.0. The summed E-state index contributed by atoms with van der Waals surface area (Å²) in [5.74, 6) is 0.867. The molecule has 0 amide bonds. The van der Waals surface area contributed by atoms with Gasteiger partial charge in [0.2, 0.25) is 0 Å². The summed E-state index contributed by atoms with van der Waals surface area (Å²) in [7, 11) is 3.28. The van der Waals surface area contributed by atoms with Crippen molar-refractivity contribution in [3.8, 4) is 0 Å². The number of carbonyl (C=O) groups excluding carboxylic acids is 1. The fourth-order valence-electron chi connectivity index (χ4n) is 6.23. The minimum absolute atomic E-state index is 0.0544. The van der Waals surface area contributed by atoms with Crippen LogP contribution in [0.2, 0.25) is 0 Å². The fourth-order valence-corrected chi connectivity index (χ4v) is 10.8. The highest BCUT2D eigenvalue weighted by molar-refractivity contribution is 8.76. The highest BCUT2D eigenvalue weighted by Gasteiger charge is 2.52. The van der Waals surface area contributed by atoms with Gasteiger partial charge in [-0.3, -0.25) is 4.79 Å². The Labute approximate surface area is 365 Å². The van der Waals surface area contributed by atoms with Crippen molar-refractivity contribution in [2.75, 3.05) is 57.8 Å². The Balaban J connectivity index is 1.06. The van der Waals surface area contributed by atoms with Gasteiger partial charge >= 0.3 is 5.97 Å².